The second-order valence-corrected chi connectivity index (χ2v) is 7.14. The lowest BCUT2D eigenvalue weighted by atomic mass is 10.00. The van der Waals surface area contributed by atoms with Gasteiger partial charge in [0, 0.05) is 12.2 Å². The van der Waals surface area contributed by atoms with E-state index in [4.69, 9.17) is 4.74 Å². The van der Waals surface area contributed by atoms with E-state index in [-0.39, 0.29) is 12.5 Å². The van der Waals surface area contributed by atoms with Gasteiger partial charge in [0.25, 0.3) is 5.91 Å². The molecule has 3 aromatic carbocycles. The van der Waals surface area contributed by atoms with Crippen LogP contribution in [0.3, 0.4) is 0 Å². The summed E-state index contributed by atoms with van der Waals surface area (Å²) in [5, 5.41) is 0. The van der Waals surface area contributed by atoms with Crippen molar-refractivity contribution in [2.75, 3.05) is 18.1 Å². The first-order valence-corrected chi connectivity index (χ1v) is 9.89. The number of amides is 1. The molecular formula is C25H23NO3. The van der Waals surface area contributed by atoms with Gasteiger partial charge in [0.05, 0.1) is 5.56 Å². The van der Waals surface area contributed by atoms with Crippen molar-refractivity contribution in [1.82, 2.24) is 0 Å². The molecule has 0 fully saturated rings. The van der Waals surface area contributed by atoms with Gasteiger partial charge in [-0.3, -0.25) is 4.79 Å². The number of aryl methyl sites for hydroxylation is 2. The Balaban J connectivity index is 1.38. The van der Waals surface area contributed by atoms with Crippen LogP contribution in [-0.2, 0) is 28.8 Å². The molecule has 0 saturated carbocycles. The molecule has 0 spiro atoms. The van der Waals surface area contributed by atoms with Gasteiger partial charge >= 0.3 is 5.97 Å². The molecule has 0 bridgehead atoms. The SMILES string of the molecule is O=C(OCC(=O)N1CCc2ccccc21)c1ccccc1CCc1ccccc1. The van der Waals surface area contributed by atoms with Crippen molar-refractivity contribution < 1.29 is 14.3 Å². The molecule has 0 aliphatic carbocycles. The van der Waals surface area contributed by atoms with Crippen LogP contribution in [0, 0.1) is 0 Å². The highest BCUT2D eigenvalue weighted by atomic mass is 16.5. The summed E-state index contributed by atoms with van der Waals surface area (Å²) in [4.78, 5) is 26.9. The molecule has 0 unspecified atom stereocenters. The number of hydrogen-bond acceptors (Lipinski definition) is 3. The number of esters is 1. The van der Waals surface area contributed by atoms with E-state index in [1.54, 1.807) is 11.0 Å². The van der Waals surface area contributed by atoms with E-state index in [2.05, 4.69) is 12.1 Å². The maximum atomic E-state index is 12.6. The predicted molar refractivity (Wildman–Crippen MR) is 113 cm³/mol. The molecule has 4 nitrogen and oxygen atoms in total. The van der Waals surface area contributed by atoms with E-state index in [9.17, 15) is 9.59 Å². The van der Waals surface area contributed by atoms with Crippen LogP contribution >= 0.6 is 0 Å². The zero-order valence-corrected chi connectivity index (χ0v) is 16.2. The van der Waals surface area contributed by atoms with Crippen LogP contribution in [0.4, 0.5) is 5.69 Å². The van der Waals surface area contributed by atoms with E-state index in [0.29, 0.717) is 12.1 Å². The number of benzene rings is 3. The van der Waals surface area contributed by atoms with Gasteiger partial charge in [-0.15, -0.1) is 0 Å². The first-order chi connectivity index (χ1) is 14.2. The molecule has 4 rings (SSSR count). The second-order valence-electron chi connectivity index (χ2n) is 7.14. The molecule has 1 aliphatic heterocycles. The molecule has 29 heavy (non-hydrogen) atoms. The average Bonchev–Trinajstić information content (AvgIpc) is 3.21. The Morgan fingerprint density at radius 1 is 0.828 bits per heavy atom. The summed E-state index contributed by atoms with van der Waals surface area (Å²) in [5.74, 6) is -0.639. The van der Waals surface area contributed by atoms with Gasteiger partial charge in [0.1, 0.15) is 0 Å². The van der Waals surface area contributed by atoms with Crippen LogP contribution in [0.5, 0.6) is 0 Å². The molecule has 0 radical (unpaired) electrons. The number of anilines is 1. The van der Waals surface area contributed by atoms with Crippen molar-refractivity contribution in [2.24, 2.45) is 0 Å². The third kappa shape index (κ3) is 4.37. The normalized spacial score (nSPS) is 12.5. The molecule has 4 heteroatoms. The number of fused-ring (bicyclic) bond motifs is 1. The molecule has 1 heterocycles. The van der Waals surface area contributed by atoms with Crippen molar-refractivity contribution >= 4 is 17.6 Å². The summed E-state index contributed by atoms with van der Waals surface area (Å²) >= 11 is 0. The molecule has 1 amide bonds. The Morgan fingerprint density at radius 2 is 1.55 bits per heavy atom. The molecule has 0 N–H and O–H groups in total. The molecular weight excluding hydrogens is 362 g/mol. The van der Waals surface area contributed by atoms with E-state index >= 15 is 0 Å². The Bertz CT molecular complexity index is 1010. The van der Waals surface area contributed by atoms with Crippen molar-refractivity contribution in [2.45, 2.75) is 19.3 Å². The smallest absolute Gasteiger partial charge is 0.338 e. The van der Waals surface area contributed by atoms with Gasteiger partial charge in [-0.1, -0.05) is 66.7 Å². The first kappa shape index (κ1) is 18.9. The lowest BCUT2D eigenvalue weighted by Gasteiger charge is -2.17. The Labute approximate surface area is 170 Å². The number of ether oxygens (including phenoxy) is 1. The topological polar surface area (TPSA) is 46.6 Å². The fraction of sp³-hybridized carbons (Fsp3) is 0.200. The van der Waals surface area contributed by atoms with E-state index < -0.39 is 5.97 Å². The van der Waals surface area contributed by atoms with Gasteiger partial charge in [-0.25, -0.2) is 4.79 Å². The zero-order valence-electron chi connectivity index (χ0n) is 16.2. The van der Waals surface area contributed by atoms with E-state index in [1.165, 1.54) is 5.56 Å². The quantitative estimate of drug-likeness (QED) is 0.597. The lowest BCUT2D eigenvalue weighted by molar-refractivity contribution is -0.121. The lowest BCUT2D eigenvalue weighted by Crippen LogP contribution is -2.33. The maximum absolute atomic E-state index is 12.6. The summed E-state index contributed by atoms with van der Waals surface area (Å²) in [6.45, 7) is 0.379. The van der Waals surface area contributed by atoms with E-state index in [0.717, 1.165) is 36.1 Å². The Morgan fingerprint density at radius 3 is 2.41 bits per heavy atom. The first-order valence-electron chi connectivity index (χ1n) is 9.89. The van der Waals surface area contributed by atoms with Crippen LogP contribution in [0.15, 0.2) is 78.9 Å². The van der Waals surface area contributed by atoms with Crippen LogP contribution in [-0.4, -0.2) is 25.0 Å². The summed E-state index contributed by atoms with van der Waals surface area (Å²) < 4.78 is 5.38. The third-order valence-electron chi connectivity index (χ3n) is 5.28. The molecule has 3 aromatic rings. The minimum absolute atomic E-state index is 0.190. The van der Waals surface area contributed by atoms with Gasteiger partial charge in [0.15, 0.2) is 6.61 Å². The van der Waals surface area contributed by atoms with Gasteiger partial charge in [-0.05, 0) is 48.1 Å². The number of nitrogens with zero attached hydrogens (tertiary/aromatic N) is 1. The minimum atomic E-state index is -0.450. The molecule has 1 aliphatic rings. The Kier molecular flexibility index (Phi) is 5.71. The fourth-order valence-electron chi connectivity index (χ4n) is 3.74. The zero-order chi connectivity index (χ0) is 20.1. The number of rotatable bonds is 6. The summed E-state index contributed by atoms with van der Waals surface area (Å²) in [5.41, 5.74) is 4.74. The van der Waals surface area contributed by atoms with Crippen molar-refractivity contribution in [3.8, 4) is 0 Å². The number of hydrogen-bond donors (Lipinski definition) is 0. The van der Waals surface area contributed by atoms with Crippen molar-refractivity contribution in [3.63, 3.8) is 0 Å². The number of carbonyl (C=O) groups excluding carboxylic acids is 2. The monoisotopic (exact) mass is 385 g/mol. The highest BCUT2D eigenvalue weighted by Gasteiger charge is 2.25. The van der Waals surface area contributed by atoms with Gasteiger partial charge < -0.3 is 9.64 Å². The van der Waals surface area contributed by atoms with Crippen LogP contribution in [0.2, 0.25) is 0 Å². The van der Waals surface area contributed by atoms with Crippen LogP contribution in [0.1, 0.15) is 27.0 Å². The largest absolute Gasteiger partial charge is 0.452 e. The van der Waals surface area contributed by atoms with Gasteiger partial charge in [-0.2, -0.15) is 0 Å². The summed E-state index contributed by atoms with van der Waals surface area (Å²) in [6, 6.07) is 25.5. The van der Waals surface area contributed by atoms with Crippen molar-refractivity contribution in [1.29, 1.82) is 0 Å². The molecule has 0 atom stereocenters. The highest BCUT2D eigenvalue weighted by Crippen LogP contribution is 2.27. The summed E-state index contributed by atoms with van der Waals surface area (Å²) in [6.07, 6.45) is 2.41. The standard InChI is InChI=1S/C25H23NO3/c27-24(26-17-16-21-11-5-7-13-23(21)26)18-29-25(28)22-12-6-4-10-20(22)15-14-19-8-2-1-3-9-19/h1-13H,14-18H2. The number of para-hydroxylation sites is 1. The average molecular weight is 385 g/mol. The van der Waals surface area contributed by atoms with Crippen LogP contribution < -0.4 is 4.90 Å². The highest BCUT2D eigenvalue weighted by molar-refractivity contribution is 5.98. The molecule has 146 valence electrons. The minimum Gasteiger partial charge on any atom is -0.452 e. The Hall–Kier alpha value is -3.40. The molecule has 0 aromatic heterocycles. The fourth-order valence-corrected chi connectivity index (χ4v) is 3.74. The summed E-state index contributed by atoms with van der Waals surface area (Å²) in [7, 11) is 0. The van der Waals surface area contributed by atoms with E-state index in [1.807, 2.05) is 60.7 Å². The van der Waals surface area contributed by atoms with Gasteiger partial charge in [0.2, 0.25) is 0 Å². The second kappa shape index (κ2) is 8.74. The van der Waals surface area contributed by atoms with Crippen molar-refractivity contribution in [3.05, 3.63) is 101 Å². The maximum Gasteiger partial charge on any atom is 0.338 e. The number of carbonyl (C=O) groups is 2. The molecule has 0 saturated heterocycles. The predicted octanol–water partition coefficient (Wildman–Crippen LogP) is 4.22. The third-order valence-corrected chi connectivity index (χ3v) is 5.28. The van der Waals surface area contributed by atoms with Crippen LogP contribution in [0.25, 0.3) is 0 Å².